The minimum atomic E-state index is -0.202. The molecule has 1 heterocycles. The normalized spacial score (nSPS) is 10.1. The molecule has 0 aliphatic heterocycles. The van der Waals surface area contributed by atoms with Crippen LogP contribution in [0.3, 0.4) is 0 Å². The summed E-state index contributed by atoms with van der Waals surface area (Å²) in [6.07, 6.45) is 5.54. The smallest absolute Gasteiger partial charge is 0.310 e. The van der Waals surface area contributed by atoms with Crippen molar-refractivity contribution in [1.29, 1.82) is 0 Å². The van der Waals surface area contributed by atoms with Crippen molar-refractivity contribution in [1.82, 2.24) is 4.98 Å². The Labute approximate surface area is 124 Å². The Hall–Kier alpha value is -2.36. The van der Waals surface area contributed by atoms with E-state index in [1.807, 2.05) is 42.6 Å². The number of hydrogen-bond donors (Lipinski definition) is 0. The van der Waals surface area contributed by atoms with Gasteiger partial charge < -0.3 is 9.47 Å². The zero-order valence-corrected chi connectivity index (χ0v) is 12.1. The lowest BCUT2D eigenvalue weighted by atomic mass is 10.1. The third-order valence-electron chi connectivity index (χ3n) is 3.10. The first-order chi connectivity index (χ1) is 10.3. The second-order valence-corrected chi connectivity index (χ2v) is 4.71. The molecular formula is C17H19NO3. The molecule has 4 nitrogen and oxygen atoms in total. The van der Waals surface area contributed by atoms with Crippen molar-refractivity contribution < 1.29 is 14.3 Å². The second kappa shape index (κ2) is 8.04. The lowest BCUT2D eigenvalue weighted by Gasteiger charge is -2.06. The number of aromatic nitrogens is 1. The van der Waals surface area contributed by atoms with Crippen LogP contribution in [0.1, 0.15) is 17.5 Å². The lowest BCUT2D eigenvalue weighted by Crippen LogP contribution is -2.09. The van der Waals surface area contributed by atoms with Crippen molar-refractivity contribution in [3.8, 4) is 5.75 Å². The summed E-state index contributed by atoms with van der Waals surface area (Å²) in [5, 5.41) is 0. The molecule has 0 radical (unpaired) electrons. The highest BCUT2D eigenvalue weighted by Crippen LogP contribution is 2.12. The molecule has 1 aromatic carbocycles. The fraction of sp³-hybridized carbons (Fsp3) is 0.294. The molecule has 0 aliphatic carbocycles. The number of esters is 1. The summed E-state index contributed by atoms with van der Waals surface area (Å²) >= 11 is 0. The van der Waals surface area contributed by atoms with E-state index in [1.54, 1.807) is 13.3 Å². The monoisotopic (exact) mass is 285 g/mol. The number of carbonyl (C=O) groups excluding carboxylic acids is 1. The maximum absolute atomic E-state index is 11.7. The first-order valence-electron chi connectivity index (χ1n) is 6.95. The number of rotatable bonds is 7. The van der Waals surface area contributed by atoms with E-state index >= 15 is 0 Å². The van der Waals surface area contributed by atoms with Crippen molar-refractivity contribution in [2.75, 3.05) is 13.7 Å². The van der Waals surface area contributed by atoms with Gasteiger partial charge in [0.25, 0.3) is 0 Å². The van der Waals surface area contributed by atoms with Gasteiger partial charge in [0.05, 0.1) is 20.1 Å². The quantitative estimate of drug-likeness (QED) is 0.580. The summed E-state index contributed by atoms with van der Waals surface area (Å²) in [5.74, 6) is 0.579. The van der Waals surface area contributed by atoms with E-state index in [0.29, 0.717) is 6.61 Å². The predicted octanol–water partition coefficient (Wildman–Crippen LogP) is 2.81. The average molecular weight is 285 g/mol. The van der Waals surface area contributed by atoms with Crippen LogP contribution in [-0.2, 0) is 22.4 Å². The Bertz CT molecular complexity index is 552. The van der Waals surface area contributed by atoms with E-state index in [0.717, 1.165) is 29.7 Å². The molecule has 0 unspecified atom stereocenters. The van der Waals surface area contributed by atoms with Gasteiger partial charge in [-0.15, -0.1) is 0 Å². The Balaban J connectivity index is 1.67. The van der Waals surface area contributed by atoms with Crippen LogP contribution in [0.15, 0.2) is 48.8 Å². The molecule has 0 fully saturated rings. The zero-order valence-electron chi connectivity index (χ0n) is 12.1. The number of ether oxygens (including phenoxy) is 2. The topological polar surface area (TPSA) is 48.4 Å². The fourth-order valence-corrected chi connectivity index (χ4v) is 1.97. The average Bonchev–Trinajstić information content (AvgIpc) is 2.53. The van der Waals surface area contributed by atoms with Crippen LogP contribution >= 0.6 is 0 Å². The number of benzene rings is 1. The van der Waals surface area contributed by atoms with Crippen LogP contribution in [-0.4, -0.2) is 24.7 Å². The number of hydrogen-bond acceptors (Lipinski definition) is 4. The van der Waals surface area contributed by atoms with Crippen molar-refractivity contribution in [2.24, 2.45) is 0 Å². The van der Waals surface area contributed by atoms with Gasteiger partial charge in [0, 0.05) is 12.4 Å². The van der Waals surface area contributed by atoms with Gasteiger partial charge in [-0.05, 0) is 42.2 Å². The summed E-state index contributed by atoms with van der Waals surface area (Å²) in [7, 11) is 1.62. The summed E-state index contributed by atoms with van der Waals surface area (Å²) in [5.41, 5.74) is 2.08. The van der Waals surface area contributed by atoms with Crippen LogP contribution in [0.5, 0.6) is 5.75 Å². The molecule has 0 aliphatic rings. The largest absolute Gasteiger partial charge is 0.497 e. The van der Waals surface area contributed by atoms with E-state index in [1.165, 1.54) is 0 Å². The maximum Gasteiger partial charge on any atom is 0.310 e. The number of aryl methyl sites for hydroxylation is 1. The van der Waals surface area contributed by atoms with Crippen LogP contribution in [0, 0.1) is 0 Å². The minimum Gasteiger partial charge on any atom is -0.497 e. The van der Waals surface area contributed by atoms with Gasteiger partial charge in [-0.3, -0.25) is 9.78 Å². The molecular weight excluding hydrogens is 266 g/mol. The molecule has 2 rings (SSSR count). The third-order valence-corrected chi connectivity index (χ3v) is 3.10. The number of pyridine rings is 1. The van der Waals surface area contributed by atoms with E-state index in [-0.39, 0.29) is 12.4 Å². The van der Waals surface area contributed by atoms with Crippen molar-refractivity contribution >= 4 is 5.97 Å². The van der Waals surface area contributed by atoms with Gasteiger partial charge in [-0.2, -0.15) is 0 Å². The van der Waals surface area contributed by atoms with Crippen LogP contribution in [0.4, 0.5) is 0 Å². The van der Waals surface area contributed by atoms with Gasteiger partial charge in [0.1, 0.15) is 5.75 Å². The first kappa shape index (κ1) is 15.0. The molecule has 0 amide bonds. The summed E-state index contributed by atoms with van der Waals surface area (Å²) in [6, 6.07) is 11.3. The molecule has 0 N–H and O–H groups in total. The van der Waals surface area contributed by atoms with Gasteiger partial charge in [-0.1, -0.05) is 18.2 Å². The molecule has 110 valence electrons. The number of carbonyl (C=O) groups is 1. The summed E-state index contributed by atoms with van der Waals surface area (Å²) in [6.45, 7) is 0.434. The lowest BCUT2D eigenvalue weighted by molar-refractivity contribution is -0.142. The second-order valence-electron chi connectivity index (χ2n) is 4.71. The Morgan fingerprint density at radius 1 is 1.14 bits per heavy atom. The Kier molecular flexibility index (Phi) is 5.76. The van der Waals surface area contributed by atoms with E-state index in [2.05, 4.69) is 4.98 Å². The Morgan fingerprint density at radius 2 is 1.95 bits per heavy atom. The molecule has 0 saturated heterocycles. The Morgan fingerprint density at radius 3 is 2.62 bits per heavy atom. The van der Waals surface area contributed by atoms with Crippen LogP contribution in [0.2, 0.25) is 0 Å². The molecule has 21 heavy (non-hydrogen) atoms. The predicted molar refractivity (Wildman–Crippen MR) is 80.2 cm³/mol. The molecule has 0 saturated carbocycles. The standard InChI is InChI=1S/C17H19NO3/c1-20-16-8-6-14(7-9-16)12-17(19)21-11-3-5-15-4-2-10-18-13-15/h2,4,6-10,13H,3,5,11-12H2,1H3. The maximum atomic E-state index is 11.7. The number of nitrogens with zero attached hydrogens (tertiary/aromatic N) is 1. The van der Waals surface area contributed by atoms with Gasteiger partial charge in [0.15, 0.2) is 0 Å². The molecule has 1 aromatic heterocycles. The highest BCUT2D eigenvalue weighted by molar-refractivity contribution is 5.72. The van der Waals surface area contributed by atoms with E-state index in [9.17, 15) is 4.79 Å². The fourth-order valence-electron chi connectivity index (χ4n) is 1.97. The van der Waals surface area contributed by atoms with Crippen LogP contribution < -0.4 is 4.74 Å². The SMILES string of the molecule is COc1ccc(CC(=O)OCCCc2cccnc2)cc1. The third kappa shape index (κ3) is 5.26. The van der Waals surface area contributed by atoms with E-state index < -0.39 is 0 Å². The first-order valence-corrected chi connectivity index (χ1v) is 6.95. The molecule has 2 aromatic rings. The molecule has 0 bridgehead atoms. The summed E-state index contributed by atoms with van der Waals surface area (Å²) in [4.78, 5) is 15.8. The van der Waals surface area contributed by atoms with Crippen molar-refractivity contribution in [3.63, 3.8) is 0 Å². The van der Waals surface area contributed by atoms with Crippen molar-refractivity contribution in [3.05, 3.63) is 59.9 Å². The van der Waals surface area contributed by atoms with E-state index in [4.69, 9.17) is 9.47 Å². The highest BCUT2D eigenvalue weighted by atomic mass is 16.5. The van der Waals surface area contributed by atoms with Gasteiger partial charge >= 0.3 is 5.97 Å². The minimum absolute atomic E-state index is 0.202. The zero-order chi connectivity index (χ0) is 14.9. The molecule has 0 spiro atoms. The van der Waals surface area contributed by atoms with Crippen molar-refractivity contribution in [2.45, 2.75) is 19.3 Å². The van der Waals surface area contributed by atoms with Gasteiger partial charge in [0.2, 0.25) is 0 Å². The molecule has 0 atom stereocenters. The summed E-state index contributed by atoms with van der Waals surface area (Å²) < 4.78 is 10.3. The van der Waals surface area contributed by atoms with Crippen LogP contribution in [0.25, 0.3) is 0 Å². The highest BCUT2D eigenvalue weighted by Gasteiger charge is 2.05. The van der Waals surface area contributed by atoms with Gasteiger partial charge in [-0.25, -0.2) is 0 Å². The molecule has 4 heteroatoms. The number of methoxy groups -OCH3 is 1.